The zero-order chi connectivity index (χ0) is 23.8. The number of hydrogen-bond acceptors (Lipinski definition) is 6. The summed E-state index contributed by atoms with van der Waals surface area (Å²) in [7, 11) is 0. The first kappa shape index (κ1) is 23.0. The number of carbonyl (C=O) groups excluding carboxylic acids is 2. The van der Waals surface area contributed by atoms with Crippen molar-refractivity contribution in [3.8, 4) is 11.4 Å². The first-order valence-corrected chi connectivity index (χ1v) is 11.2. The predicted molar refractivity (Wildman–Crippen MR) is 125 cm³/mol. The van der Waals surface area contributed by atoms with Crippen LogP contribution in [0.15, 0.2) is 90.1 Å². The Morgan fingerprint density at radius 2 is 1.56 bits per heavy atom. The van der Waals surface area contributed by atoms with Crippen LogP contribution in [0.4, 0.5) is 4.39 Å². The largest absolute Gasteiger partial charge is 0.483 e. The lowest BCUT2D eigenvalue weighted by molar-refractivity contribution is -0.119. The van der Waals surface area contributed by atoms with Crippen molar-refractivity contribution in [1.29, 1.82) is 0 Å². The number of halogens is 1. The molecule has 0 radical (unpaired) electrons. The fourth-order valence-corrected chi connectivity index (χ4v) is 3.75. The molecule has 0 fully saturated rings. The number of amides is 2. The van der Waals surface area contributed by atoms with Gasteiger partial charge in [-0.1, -0.05) is 60.3 Å². The number of nitrogens with one attached hydrogen (secondary N) is 2. The van der Waals surface area contributed by atoms with E-state index in [0.29, 0.717) is 16.5 Å². The van der Waals surface area contributed by atoms with Gasteiger partial charge in [0.1, 0.15) is 6.61 Å². The van der Waals surface area contributed by atoms with Gasteiger partial charge in [0, 0.05) is 11.3 Å². The molecule has 4 aromatic rings. The Balaban J connectivity index is 1.42. The van der Waals surface area contributed by atoms with E-state index in [9.17, 15) is 14.0 Å². The minimum Gasteiger partial charge on any atom is -0.483 e. The third kappa shape index (κ3) is 5.78. The SMILES string of the molecule is O=C(CSc1nnc(COc2ccccc2F)n1-c1ccccc1)NNC(=O)c1ccccc1. The van der Waals surface area contributed by atoms with E-state index in [-0.39, 0.29) is 18.1 Å². The van der Waals surface area contributed by atoms with Gasteiger partial charge in [0.2, 0.25) is 5.91 Å². The van der Waals surface area contributed by atoms with Crippen LogP contribution in [0.1, 0.15) is 16.2 Å². The molecule has 1 aromatic heterocycles. The fourth-order valence-electron chi connectivity index (χ4n) is 2.98. The molecule has 172 valence electrons. The second-order valence-corrected chi connectivity index (χ2v) is 7.89. The summed E-state index contributed by atoms with van der Waals surface area (Å²) in [5.41, 5.74) is 5.96. The number of carbonyl (C=O) groups is 2. The van der Waals surface area contributed by atoms with Crippen LogP contribution in [0.5, 0.6) is 5.75 Å². The van der Waals surface area contributed by atoms with Gasteiger partial charge in [-0.25, -0.2) is 4.39 Å². The first-order chi connectivity index (χ1) is 16.6. The number of aromatic nitrogens is 3. The number of benzene rings is 3. The first-order valence-electron chi connectivity index (χ1n) is 10.3. The predicted octanol–water partition coefficient (Wildman–Crippen LogP) is 3.54. The van der Waals surface area contributed by atoms with Crippen molar-refractivity contribution in [3.05, 3.63) is 102 Å². The van der Waals surface area contributed by atoms with Crippen LogP contribution in [-0.2, 0) is 11.4 Å². The van der Waals surface area contributed by atoms with Crippen LogP contribution >= 0.6 is 11.8 Å². The molecule has 0 unspecified atom stereocenters. The van der Waals surface area contributed by atoms with Gasteiger partial charge >= 0.3 is 0 Å². The van der Waals surface area contributed by atoms with Crippen molar-refractivity contribution < 1.29 is 18.7 Å². The lowest BCUT2D eigenvalue weighted by atomic mass is 10.2. The Morgan fingerprint density at radius 3 is 2.29 bits per heavy atom. The highest BCUT2D eigenvalue weighted by Gasteiger charge is 2.17. The number of hydrogen-bond donors (Lipinski definition) is 2. The Morgan fingerprint density at radius 1 is 0.882 bits per heavy atom. The number of ether oxygens (including phenoxy) is 1. The Bertz CT molecular complexity index is 1270. The molecule has 4 rings (SSSR count). The maximum absolute atomic E-state index is 13.9. The van der Waals surface area contributed by atoms with Gasteiger partial charge in [-0.2, -0.15) is 0 Å². The number of para-hydroxylation sites is 2. The summed E-state index contributed by atoms with van der Waals surface area (Å²) < 4.78 is 21.3. The summed E-state index contributed by atoms with van der Waals surface area (Å²) in [6.45, 7) is -0.0251. The second kappa shape index (κ2) is 11.1. The topological polar surface area (TPSA) is 98.1 Å². The molecule has 1 heterocycles. The molecule has 0 aliphatic heterocycles. The molecule has 0 spiro atoms. The standard InChI is InChI=1S/C24H20FN5O3S/c25-19-13-7-8-14-20(19)33-15-21-26-29-24(30(21)18-11-5-2-6-12-18)34-16-22(31)27-28-23(32)17-9-3-1-4-10-17/h1-14H,15-16H2,(H,27,31)(H,28,32). The Kier molecular flexibility index (Phi) is 7.51. The number of nitrogens with zero attached hydrogens (tertiary/aromatic N) is 3. The van der Waals surface area contributed by atoms with E-state index in [0.717, 1.165) is 17.4 Å². The third-order valence-corrected chi connectivity index (χ3v) is 5.52. The molecule has 0 aliphatic rings. The van der Waals surface area contributed by atoms with Crippen LogP contribution < -0.4 is 15.6 Å². The third-order valence-electron chi connectivity index (χ3n) is 4.59. The van der Waals surface area contributed by atoms with Crippen LogP contribution in [0.3, 0.4) is 0 Å². The maximum Gasteiger partial charge on any atom is 0.269 e. The zero-order valence-corrected chi connectivity index (χ0v) is 18.7. The maximum atomic E-state index is 13.9. The van der Waals surface area contributed by atoms with Gasteiger partial charge in [0.05, 0.1) is 5.75 Å². The molecular weight excluding hydrogens is 457 g/mol. The minimum absolute atomic E-state index is 0.0196. The molecule has 0 saturated carbocycles. The van der Waals surface area contributed by atoms with Gasteiger partial charge in [-0.15, -0.1) is 10.2 Å². The molecule has 0 bridgehead atoms. The minimum atomic E-state index is -0.475. The van der Waals surface area contributed by atoms with E-state index in [2.05, 4.69) is 21.0 Å². The smallest absolute Gasteiger partial charge is 0.269 e. The summed E-state index contributed by atoms with van der Waals surface area (Å²) >= 11 is 1.14. The molecule has 0 saturated heterocycles. The molecule has 0 aliphatic carbocycles. The average molecular weight is 478 g/mol. The average Bonchev–Trinajstić information content (AvgIpc) is 3.29. The molecular formula is C24H20FN5O3S. The van der Waals surface area contributed by atoms with Crippen molar-refractivity contribution in [1.82, 2.24) is 25.6 Å². The molecule has 34 heavy (non-hydrogen) atoms. The van der Waals surface area contributed by atoms with Crippen molar-refractivity contribution in [3.63, 3.8) is 0 Å². The summed E-state index contributed by atoms with van der Waals surface area (Å²) in [4.78, 5) is 24.4. The van der Waals surface area contributed by atoms with E-state index in [1.807, 2.05) is 30.3 Å². The fraction of sp³-hybridized carbons (Fsp3) is 0.0833. The van der Waals surface area contributed by atoms with Crippen molar-refractivity contribution in [2.45, 2.75) is 11.8 Å². The van der Waals surface area contributed by atoms with E-state index in [1.165, 1.54) is 12.1 Å². The lowest BCUT2D eigenvalue weighted by Crippen LogP contribution is -2.42. The van der Waals surface area contributed by atoms with Crippen LogP contribution in [0.2, 0.25) is 0 Å². The van der Waals surface area contributed by atoms with E-state index in [1.54, 1.807) is 47.0 Å². The molecule has 2 amide bonds. The van der Waals surface area contributed by atoms with Crippen molar-refractivity contribution in [2.75, 3.05) is 5.75 Å². The highest BCUT2D eigenvalue weighted by Crippen LogP contribution is 2.23. The van der Waals surface area contributed by atoms with E-state index < -0.39 is 17.6 Å². The Labute approximate surface area is 199 Å². The van der Waals surface area contributed by atoms with Crippen molar-refractivity contribution >= 4 is 23.6 Å². The van der Waals surface area contributed by atoms with Crippen LogP contribution in [0, 0.1) is 5.82 Å². The molecule has 3 aromatic carbocycles. The molecule has 0 atom stereocenters. The zero-order valence-electron chi connectivity index (χ0n) is 17.8. The summed E-state index contributed by atoms with van der Waals surface area (Å²) in [6.07, 6.45) is 0. The molecule has 2 N–H and O–H groups in total. The van der Waals surface area contributed by atoms with Crippen LogP contribution in [0.25, 0.3) is 5.69 Å². The van der Waals surface area contributed by atoms with Crippen molar-refractivity contribution in [2.24, 2.45) is 0 Å². The Hall–Kier alpha value is -4.18. The monoisotopic (exact) mass is 477 g/mol. The summed E-state index contributed by atoms with van der Waals surface area (Å²) in [5, 5.41) is 8.80. The number of rotatable bonds is 8. The highest BCUT2D eigenvalue weighted by molar-refractivity contribution is 7.99. The quantitative estimate of drug-likeness (QED) is 0.298. The van der Waals surface area contributed by atoms with Gasteiger partial charge in [-0.3, -0.25) is 25.0 Å². The van der Waals surface area contributed by atoms with Gasteiger partial charge in [0.25, 0.3) is 5.91 Å². The number of thioether (sulfide) groups is 1. The highest BCUT2D eigenvalue weighted by atomic mass is 32.2. The normalized spacial score (nSPS) is 10.5. The van der Waals surface area contributed by atoms with Crippen LogP contribution in [-0.4, -0.2) is 32.3 Å². The molecule has 10 heteroatoms. The van der Waals surface area contributed by atoms with E-state index >= 15 is 0 Å². The van der Waals surface area contributed by atoms with Gasteiger partial charge < -0.3 is 4.74 Å². The summed E-state index contributed by atoms with van der Waals surface area (Å²) in [5.74, 6) is -0.784. The van der Waals surface area contributed by atoms with Gasteiger partial charge in [0.15, 0.2) is 22.5 Å². The molecule has 8 nitrogen and oxygen atoms in total. The lowest BCUT2D eigenvalue weighted by Gasteiger charge is -2.11. The number of hydrazine groups is 1. The summed E-state index contributed by atoms with van der Waals surface area (Å²) in [6, 6.07) is 24.0. The second-order valence-electron chi connectivity index (χ2n) is 6.95. The van der Waals surface area contributed by atoms with Gasteiger partial charge in [-0.05, 0) is 36.4 Å². The van der Waals surface area contributed by atoms with E-state index in [4.69, 9.17) is 4.74 Å².